The summed E-state index contributed by atoms with van der Waals surface area (Å²) < 4.78 is 0.915. The highest BCUT2D eigenvalue weighted by Crippen LogP contribution is 2.32. The highest BCUT2D eigenvalue weighted by molar-refractivity contribution is 7.18. The van der Waals surface area contributed by atoms with Crippen LogP contribution in [0.15, 0.2) is 12.1 Å². The van der Waals surface area contributed by atoms with E-state index >= 15 is 0 Å². The van der Waals surface area contributed by atoms with Crippen molar-refractivity contribution in [2.24, 2.45) is 0 Å². The number of rotatable bonds is 3. The smallest absolute Gasteiger partial charge is 0.335 e. The molecule has 4 nitrogen and oxygen atoms in total. The predicted octanol–water partition coefficient (Wildman–Crippen LogP) is 3.16. The molecule has 2 N–H and O–H groups in total. The maximum absolute atomic E-state index is 11.0. The van der Waals surface area contributed by atoms with Crippen molar-refractivity contribution in [3.05, 3.63) is 22.7 Å². The van der Waals surface area contributed by atoms with Crippen LogP contribution in [0.3, 0.4) is 0 Å². The lowest BCUT2D eigenvalue weighted by Gasteiger charge is -2.02. The number of thiazole rings is 1. The van der Waals surface area contributed by atoms with E-state index in [1.807, 2.05) is 0 Å². The van der Waals surface area contributed by atoms with E-state index in [0.29, 0.717) is 11.5 Å². The summed E-state index contributed by atoms with van der Waals surface area (Å²) in [6.07, 6.45) is 0. The first-order valence-corrected chi connectivity index (χ1v) is 6.20. The Morgan fingerprint density at radius 1 is 1.47 bits per heavy atom. The molecule has 0 saturated heterocycles. The normalized spacial score (nSPS) is 11.1. The summed E-state index contributed by atoms with van der Waals surface area (Å²) in [6, 6.07) is 3.30. The van der Waals surface area contributed by atoms with Gasteiger partial charge in [0.05, 0.1) is 21.0 Å². The number of hydrogen-bond acceptors (Lipinski definition) is 4. The number of anilines is 1. The van der Waals surface area contributed by atoms with Crippen LogP contribution in [0, 0.1) is 0 Å². The molecule has 0 atom stereocenters. The molecule has 2 rings (SSSR count). The maximum Gasteiger partial charge on any atom is 0.335 e. The van der Waals surface area contributed by atoms with Gasteiger partial charge in [0.1, 0.15) is 5.52 Å². The second-order valence-corrected chi connectivity index (χ2v) is 5.19. The van der Waals surface area contributed by atoms with E-state index in [1.54, 1.807) is 30.5 Å². The minimum Gasteiger partial charge on any atom is -0.478 e. The van der Waals surface area contributed by atoms with Gasteiger partial charge >= 0.3 is 5.97 Å². The van der Waals surface area contributed by atoms with E-state index in [4.69, 9.17) is 5.11 Å². The Hall–Kier alpha value is -1.62. The van der Waals surface area contributed by atoms with Crippen molar-refractivity contribution in [3.63, 3.8) is 0 Å². The Morgan fingerprint density at radius 2 is 2.18 bits per heavy atom. The molecule has 0 saturated carbocycles. The average Bonchev–Trinajstić information content (AvgIpc) is 2.71. The molecular formula is C12H14N2O2S. The third-order valence-corrected chi connectivity index (χ3v) is 3.82. The van der Waals surface area contributed by atoms with Crippen LogP contribution >= 0.6 is 11.3 Å². The minimum absolute atomic E-state index is 0.292. The van der Waals surface area contributed by atoms with Crippen molar-refractivity contribution < 1.29 is 9.90 Å². The van der Waals surface area contributed by atoms with Gasteiger partial charge in [-0.05, 0) is 12.1 Å². The van der Waals surface area contributed by atoms with E-state index in [1.165, 1.54) is 0 Å². The summed E-state index contributed by atoms with van der Waals surface area (Å²) in [4.78, 5) is 15.6. The zero-order chi connectivity index (χ0) is 12.6. The molecule has 2 aromatic rings. The molecule has 5 heteroatoms. The fraction of sp³-hybridized carbons (Fsp3) is 0.333. The monoisotopic (exact) mass is 250 g/mol. The van der Waals surface area contributed by atoms with Gasteiger partial charge in [0.15, 0.2) is 0 Å². The fourth-order valence-corrected chi connectivity index (χ4v) is 2.64. The first kappa shape index (κ1) is 11.9. The van der Waals surface area contributed by atoms with Crippen LogP contribution in [-0.2, 0) is 0 Å². The van der Waals surface area contributed by atoms with E-state index < -0.39 is 5.97 Å². The molecule has 0 bridgehead atoms. The van der Waals surface area contributed by atoms with Crippen molar-refractivity contribution in [2.45, 2.75) is 19.8 Å². The summed E-state index contributed by atoms with van der Waals surface area (Å²) in [5, 5.41) is 13.1. The summed E-state index contributed by atoms with van der Waals surface area (Å²) in [5.74, 6) is -0.562. The van der Waals surface area contributed by atoms with Gasteiger partial charge in [-0.25, -0.2) is 9.78 Å². The number of carbonyl (C=O) groups is 1. The van der Waals surface area contributed by atoms with Gasteiger partial charge in [-0.3, -0.25) is 0 Å². The van der Waals surface area contributed by atoms with Crippen molar-refractivity contribution in [1.29, 1.82) is 0 Å². The molecule has 90 valence electrons. The van der Waals surface area contributed by atoms with E-state index in [9.17, 15) is 4.79 Å². The summed E-state index contributed by atoms with van der Waals surface area (Å²) in [5.41, 5.74) is 1.91. The third kappa shape index (κ3) is 2.10. The number of aromatic nitrogens is 1. The molecular weight excluding hydrogens is 236 g/mol. The van der Waals surface area contributed by atoms with Crippen molar-refractivity contribution in [3.8, 4) is 0 Å². The lowest BCUT2D eigenvalue weighted by Crippen LogP contribution is -1.98. The van der Waals surface area contributed by atoms with Gasteiger partial charge in [-0.2, -0.15) is 0 Å². The van der Waals surface area contributed by atoms with Crippen molar-refractivity contribution in [2.75, 3.05) is 12.4 Å². The largest absolute Gasteiger partial charge is 0.478 e. The number of nitrogens with one attached hydrogen (secondary N) is 1. The third-order valence-electron chi connectivity index (χ3n) is 2.52. The number of benzene rings is 1. The standard InChI is InChI=1S/C12H14N2O2S/c1-6(2)11-14-10-8(13-3)4-7(12(15)16)5-9(10)17-11/h4-6,13H,1-3H3,(H,15,16). The SMILES string of the molecule is CNc1cc(C(=O)O)cc2sc(C(C)C)nc12. The lowest BCUT2D eigenvalue weighted by molar-refractivity contribution is 0.0697. The van der Waals surface area contributed by atoms with Crippen LogP contribution < -0.4 is 5.32 Å². The highest BCUT2D eigenvalue weighted by atomic mass is 32.1. The highest BCUT2D eigenvalue weighted by Gasteiger charge is 2.14. The Labute approximate surface area is 103 Å². The lowest BCUT2D eigenvalue weighted by atomic mass is 10.2. The zero-order valence-electron chi connectivity index (χ0n) is 9.94. The van der Waals surface area contributed by atoms with E-state index in [2.05, 4.69) is 24.1 Å². The first-order chi connectivity index (χ1) is 8.02. The van der Waals surface area contributed by atoms with Crippen LogP contribution in [0.1, 0.15) is 35.1 Å². The van der Waals surface area contributed by atoms with Gasteiger partial charge in [-0.1, -0.05) is 13.8 Å². The summed E-state index contributed by atoms with van der Waals surface area (Å²) in [7, 11) is 1.77. The topological polar surface area (TPSA) is 62.2 Å². The predicted molar refractivity (Wildman–Crippen MR) is 70.2 cm³/mol. The minimum atomic E-state index is -0.914. The second kappa shape index (κ2) is 4.33. The molecule has 1 aromatic carbocycles. The number of nitrogens with zero attached hydrogens (tertiary/aromatic N) is 1. The van der Waals surface area contributed by atoms with Crippen LogP contribution in [0.5, 0.6) is 0 Å². The van der Waals surface area contributed by atoms with Gasteiger partial charge in [0, 0.05) is 13.0 Å². The maximum atomic E-state index is 11.0. The average molecular weight is 250 g/mol. The van der Waals surface area contributed by atoms with Gasteiger partial charge < -0.3 is 10.4 Å². The summed E-state index contributed by atoms with van der Waals surface area (Å²) >= 11 is 1.55. The van der Waals surface area contributed by atoms with Crippen LogP contribution in [-0.4, -0.2) is 23.1 Å². The molecule has 0 aliphatic carbocycles. The summed E-state index contributed by atoms with van der Waals surface area (Å²) in [6.45, 7) is 4.16. The van der Waals surface area contributed by atoms with Crippen molar-refractivity contribution >= 4 is 33.2 Å². The molecule has 0 fully saturated rings. The number of aromatic carboxylic acids is 1. The molecule has 0 aliphatic heterocycles. The molecule has 1 aromatic heterocycles. The van der Waals surface area contributed by atoms with E-state index in [0.717, 1.165) is 20.9 Å². The molecule has 0 radical (unpaired) electrons. The number of hydrogen-bond donors (Lipinski definition) is 2. The molecule has 0 aliphatic rings. The fourth-order valence-electron chi connectivity index (χ4n) is 1.61. The molecule has 0 unspecified atom stereocenters. The van der Waals surface area contributed by atoms with Gasteiger partial charge in [0.2, 0.25) is 0 Å². The van der Waals surface area contributed by atoms with Crippen molar-refractivity contribution in [1.82, 2.24) is 4.98 Å². The van der Waals surface area contributed by atoms with Crippen LogP contribution in [0.2, 0.25) is 0 Å². The van der Waals surface area contributed by atoms with Gasteiger partial charge in [0.25, 0.3) is 0 Å². The molecule has 17 heavy (non-hydrogen) atoms. The quantitative estimate of drug-likeness (QED) is 0.878. The molecule has 1 heterocycles. The van der Waals surface area contributed by atoms with Gasteiger partial charge in [-0.15, -0.1) is 11.3 Å². The molecule has 0 spiro atoms. The Kier molecular flexibility index (Phi) is 3.02. The number of carboxylic acid groups (broad SMARTS) is 1. The Bertz CT molecular complexity index is 575. The Balaban J connectivity index is 2.69. The van der Waals surface area contributed by atoms with Crippen LogP contribution in [0.25, 0.3) is 10.2 Å². The number of carboxylic acids is 1. The number of fused-ring (bicyclic) bond motifs is 1. The molecule has 0 amide bonds. The van der Waals surface area contributed by atoms with Crippen LogP contribution in [0.4, 0.5) is 5.69 Å². The second-order valence-electron chi connectivity index (χ2n) is 4.13. The first-order valence-electron chi connectivity index (χ1n) is 5.38. The van der Waals surface area contributed by atoms with E-state index in [-0.39, 0.29) is 0 Å². The zero-order valence-corrected chi connectivity index (χ0v) is 10.8. The Morgan fingerprint density at radius 3 is 2.71 bits per heavy atom.